The van der Waals surface area contributed by atoms with E-state index in [0.29, 0.717) is 29.2 Å². The molecule has 0 radical (unpaired) electrons. The normalized spacial score (nSPS) is 10.5. The highest BCUT2D eigenvalue weighted by Crippen LogP contribution is 2.27. The number of nitrogens with zero attached hydrogens (tertiary/aromatic N) is 2. The fourth-order valence-corrected chi connectivity index (χ4v) is 2.76. The Bertz CT molecular complexity index is 1030. The molecular weight excluding hydrogens is 389 g/mol. The number of benzene rings is 2. The van der Waals surface area contributed by atoms with Crippen molar-refractivity contribution in [2.45, 2.75) is 13.3 Å². The molecule has 0 aliphatic rings. The molecule has 1 aromatic heterocycles. The van der Waals surface area contributed by atoms with Crippen LogP contribution in [-0.2, 0) is 9.53 Å². The number of aromatic nitrogens is 2. The predicted octanol–water partition coefficient (Wildman–Crippen LogP) is 3.37. The number of esters is 1. The lowest BCUT2D eigenvalue weighted by atomic mass is 10.1. The van der Waals surface area contributed by atoms with Crippen LogP contribution in [0.4, 0.5) is 4.39 Å². The predicted molar refractivity (Wildman–Crippen MR) is 109 cm³/mol. The molecule has 0 spiro atoms. The maximum absolute atomic E-state index is 13.3. The van der Waals surface area contributed by atoms with E-state index in [4.69, 9.17) is 9.47 Å². The summed E-state index contributed by atoms with van der Waals surface area (Å²) in [5, 5.41) is 7.14. The number of nitrogens with one attached hydrogen (secondary N) is 1. The van der Waals surface area contributed by atoms with Crippen molar-refractivity contribution in [3.63, 3.8) is 0 Å². The van der Waals surface area contributed by atoms with Gasteiger partial charge in [-0.3, -0.25) is 4.79 Å². The van der Waals surface area contributed by atoms with Gasteiger partial charge < -0.3 is 14.8 Å². The van der Waals surface area contributed by atoms with E-state index >= 15 is 0 Å². The quantitative estimate of drug-likeness (QED) is 0.575. The number of carbonyl (C=O) groups is 2. The minimum atomic E-state index is -0.687. The van der Waals surface area contributed by atoms with Crippen LogP contribution in [0.5, 0.6) is 5.75 Å². The van der Waals surface area contributed by atoms with Gasteiger partial charge in [0.25, 0.3) is 5.91 Å². The smallest absolute Gasteiger partial charge is 0.342 e. The number of ether oxygens (including phenoxy) is 2. The van der Waals surface area contributed by atoms with Crippen LogP contribution >= 0.6 is 0 Å². The Morgan fingerprint density at radius 2 is 1.93 bits per heavy atom. The van der Waals surface area contributed by atoms with E-state index < -0.39 is 12.6 Å². The number of halogens is 1. The molecule has 7 nitrogen and oxygen atoms in total. The summed E-state index contributed by atoms with van der Waals surface area (Å²) in [5.74, 6) is -0.842. The zero-order valence-corrected chi connectivity index (χ0v) is 16.7. The van der Waals surface area contributed by atoms with Crippen molar-refractivity contribution < 1.29 is 23.5 Å². The third kappa shape index (κ3) is 5.02. The first-order valence-corrected chi connectivity index (χ1v) is 9.45. The number of carbonyl (C=O) groups excluding carboxylic acids is 2. The van der Waals surface area contributed by atoms with Crippen molar-refractivity contribution in [2.75, 3.05) is 20.3 Å². The second kappa shape index (κ2) is 9.69. The van der Waals surface area contributed by atoms with Crippen molar-refractivity contribution in [3.8, 4) is 22.7 Å². The molecule has 0 fully saturated rings. The Labute approximate surface area is 173 Å². The summed E-state index contributed by atoms with van der Waals surface area (Å²) in [6.45, 7) is 2.04. The van der Waals surface area contributed by atoms with E-state index in [1.54, 1.807) is 43.5 Å². The highest BCUT2D eigenvalue weighted by Gasteiger charge is 2.21. The van der Waals surface area contributed by atoms with Gasteiger partial charge in [-0.15, -0.1) is 0 Å². The van der Waals surface area contributed by atoms with Crippen molar-refractivity contribution in [1.29, 1.82) is 0 Å². The van der Waals surface area contributed by atoms with Gasteiger partial charge in [-0.25, -0.2) is 13.9 Å². The molecule has 2 aromatic carbocycles. The Hall–Kier alpha value is -3.68. The number of hydrogen-bond donors (Lipinski definition) is 1. The van der Waals surface area contributed by atoms with Gasteiger partial charge in [-0.1, -0.05) is 19.1 Å². The average molecular weight is 411 g/mol. The highest BCUT2D eigenvalue weighted by molar-refractivity contribution is 5.97. The van der Waals surface area contributed by atoms with Gasteiger partial charge in [0.15, 0.2) is 6.61 Å². The molecule has 1 N–H and O–H groups in total. The molecule has 0 atom stereocenters. The van der Waals surface area contributed by atoms with Crippen LogP contribution in [0, 0.1) is 5.82 Å². The number of amides is 1. The summed E-state index contributed by atoms with van der Waals surface area (Å²) >= 11 is 0. The summed E-state index contributed by atoms with van der Waals surface area (Å²) in [4.78, 5) is 24.5. The van der Waals surface area contributed by atoms with Crippen LogP contribution in [0.25, 0.3) is 16.9 Å². The number of methoxy groups -OCH3 is 1. The van der Waals surface area contributed by atoms with E-state index in [1.165, 1.54) is 23.0 Å². The maximum atomic E-state index is 13.3. The van der Waals surface area contributed by atoms with Crippen LogP contribution in [0.1, 0.15) is 23.7 Å². The molecule has 8 heteroatoms. The molecule has 0 aliphatic carbocycles. The lowest BCUT2D eigenvalue weighted by molar-refractivity contribution is -0.124. The van der Waals surface area contributed by atoms with Crippen molar-refractivity contribution in [3.05, 3.63) is 66.1 Å². The van der Waals surface area contributed by atoms with Crippen molar-refractivity contribution in [1.82, 2.24) is 15.1 Å². The van der Waals surface area contributed by atoms with E-state index in [9.17, 15) is 14.0 Å². The second-order valence-electron chi connectivity index (χ2n) is 6.47. The van der Waals surface area contributed by atoms with E-state index in [-0.39, 0.29) is 17.3 Å². The topological polar surface area (TPSA) is 82.5 Å². The third-order valence-corrected chi connectivity index (χ3v) is 4.28. The van der Waals surface area contributed by atoms with Gasteiger partial charge in [0.05, 0.1) is 12.8 Å². The van der Waals surface area contributed by atoms with Gasteiger partial charge in [0.1, 0.15) is 22.8 Å². The average Bonchev–Trinajstić information content (AvgIpc) is 3.22. The molecule has 0 saturated heterocycles. The fraction of sp³-hybridized carbons (Fsp3) is 0.227. The van der Waals surface area contributed by atoms with Crippen LogP contribution < -0.4 is 10.1 Å². The summed E-state index contributed by atoms with van der Waals surface area (Å²) in [6.07, 6.45) is 2.28. The van der Waals surface area contributed by atoms with Crippen LogP contribution in [0.2, 0.25) is 0 Å². The van der Waals surface area contributed by atoms with Crippen LogP contribution in [0.15, 0.2) is 54.7 Å². The monoisotopic (exact) mass is 411 g/mol. The van der Waals surface area contributed by atoms with Gasteiger partial charge in [0, 0.05) is 18.3 Å². The fourth-order valence-electron chi connectivity index (χ4n) is 2.76. The second-order valence-corrected chi connectivity index (χ2v) is 6.47. The lowest BCUT2D eigenvalue weighted by Gasteiger charge is -2.06. The largest absolute Gasteiger partial charge is 0.497 e. The Morgan fingerprint density at radius 3 is 2.63 bits per heavy atom. The first-order chi connectivity index (χ1) is 14.5. The molecule has 3 rings (SSSR count). The van der Waals surface area contributed by atoms with E-state index in [2.05, 4.69) is 10.4 Å². The third-order valence-electron chi connectivity index (χ3n) is 4.28. The van der Waals surface area contributed by atoms with E-state index in [0.717, 1.165) is 6.42 Å². The molecule has 30 heavy (non-hydrogen) atoms. The molecular formula is C22H22FN3O4. The zero-order chi connectivity index (χ0) is 21.5. The molecule has 1 heterocycles. The van der Waals surface area contributed by atoms with Gasteiger partial charge in [0.2, 0.25) is 0 Å². The molecule has 3 aromatic rings. The van der Waals surface area contributed by atoms with Crippen LogP contribution in [0.3, 0.4) is 0 Å². The first-order valence-electron chi connectivity index (χ1n) is 9.45. The number of hydrogen-bond acceptors (Lipinski definition) is 5. The molecule has 1 amide bonds. The van der Waals surface area contributed by atoms with Gasteiger partial charge in [-0.2, -0.15) is 5.10 Å². The summed E-state index contributed by atoms with van der Waals surface area (Å²) in [7, 11) is 1.54. The summed E-state index contributed by atoms with van der Waals surface area (Å²) in [5.41, 5.74) is 1.74. The Kier molecular flexibility index (Phi) is 6.79. The minimum absolute atomic E-state index is 0.177. The summed E-state index contributed by atoms with van der Waals surface area (Å²) in [6, 6.07) is 12.8. The standard InChI is InChI=1S/C22H22FN3O4/c1-3-11-24-20(27)14-30-22(28)19-13-26(17-9-7-16(23)8-10-17)25-21(19)15-5-4-6-18(12-15)29-2/h4-10,12-13H,3,11,14H2,1-2H3,(H,24,27). The Balaban J connectivity index is 1.93. The molecule has 0 unspecified atom stereocenters. The Morgan fingerprint density at radius 1 is 1.17 bits per heavy atom. The van der Waals surface area contributed by atoms with Gasteiger partial charge >= 0.3 is 5.97 Å². The molecule has 0 saturated carbocycles. The van der Waals surface area contributed by atoms with Gasteiger partial charge in [-0.05, 0) is 42.8 Å². The molecule has 0 aliphatic heterocycles. The highest BCUT2D eigenvalue weighted by atomic mass is 19.1. The first kappa shape index (κ1) is 21.0. The minimum Gasteiger partial charge on any atom is -0.497 e. The van der Waals surface area contributed by atoms with Crippen molar-refractivity contribution >= 4 is 11.9 Å². The van der Waals surface area contributed by atoms with E-state index in [1.807, 2.05) is 6.92 Å². The lowest BCUT2D eigenvalue weighted by Crippen LogP contribution is -2.29. The van der Waals surface area contributed by atoms with Crippen molar-refractivity contribution in [2.24, 2.45) is 0 Å². The molecule has 0 bridgehead atoms. The molecule has 156 valence electrons. The summed E-state index contributed by atoms with van der Waals surface area (Å²) < 4.78 is 25.2. The maximum Gasteiger partial charge on any atom is 0.342 e. The van der Waals surface area contributed by atoms with Crippen LogP contribution in [-0.4, -0.2) is 41.9 Å². The number of rotatable bonds is 8. The SMILES string of the molecule is CCCNC(=O)COC(=O)c1cn(-c2ccc(F)cc2)nc1-c1cccc(OC)c1. The zero-order valence-electron chi connectivity index (χ0n) is 16.7.